The Morgan fingerprint density at radius 1 is 0.929 bits per heavy atom. The van der Waals surface area contributed by atoms with E-state index in [2.05, 4.69) is 110 Å². The molecular formula is C26H30N2+2. The van der Waals surface area contributed by atoms with Crippen molar-refractivity contribution in [3.05, 3.63) is 78.1 Å². The highest BCUT2D eigenvalue weighted by molar-refractivity contribution is 6.08. The number of aromatic nitrogens is 1. The van der Waals surface area contributed by atoms with Crippen LogP contribution in [0.5, 0.6) is 0 Å². The summed E-state index contributed by atoms with van der Waals surface area (Å²) in [5.41, 5.74) is 5.41. The molecule has 2 heterocycles. The van der Waals surface area contributed by atoms with Crippen molar-refractivity contribution in [1.82, 2.24) is 0 Å². The molecule has 2 nitrogen and oxygen atoms in total. The third-order valence-electron chi connectivity index (χ3n) is 6.02. The molecule has 0 spiro atoms. The summed E-state index contributed by atoms with van der Waals surface area (Å²) in [4.78, 5) is 0. The van der Waals surface area contributed by atoms with Gasteiger partial charge in [0.15, 0.2) is 11.9 Å². The maximum absolute atomic E-state index is 2.57. The topological polar surface area (TPSA) is 6.89 Å². The summed E-state index contributed by atoms with van der Waals surface area (Å²) in [5, 5.41) is 2.68. The summed E-state index contributed by atoms with van der Waals surface area (Å²) in [7, 11) is 2.10. The van der Waals surface area contributed by atoms with E-state index in [0.29, 0.717) is 0 Å². The van der Waals surface area contributed by atoms with Crippen molar-refractivity contribution >= 4 is 28.2 Å². The van der Waals surface area contributed by atoms with Crippen LogP contribution in [-0.2, 0) is 12.5 Å². The van der Waals surface area contributed by atoms with Gasteiger partial charge in [0.2, 0.25) is 11.4 Å². The average molecular weight is 371 g/mol. The molecule has 0 atom stereocenters. The number of unbranched alkanes of at least 4 members (excludes halogenated alkanes) is 1. The lowest BCUT2D eigenvalue weighted by molar-refractivity contribution is -0.673. The molecule has 0 saturated carbocycles. The minimum atomic E-state index is -0.0169. The van der Waals surface area contributed by atoms with Crippen molar-refractivity contribution in [1.29, 1.82) is 0 Å². The molecule has 2 heteroatoms. The third-order valence-corrected chi connectivity index (χ3v) is 6.02. The number of fused-ring (bicyclic) bond motifs is 3. The maximum atomic E-state index is 2.57. The van der Waals surface area contributed by atoms with Crippen LogP contribution in [0.1, 0.15) is 44.9 Å². The predicted molar refractivity (Wildman–Crippen MR) is 118 cm³/mol. The van der Waals surface area contributed by atoms with Crippen LogP contribution in [0.15, 0.2) is 66.9 Å². The Hall–Kier alpha value is -2.74. The molecule has 0 radical (unpaired) electrons. The van der Waals surface area contributed by atoms with Gasteiger partial charge in [-0.3, -0.25) is 0 Å². The standard InChI is InChI=1S/C26H30N2/c1-5-6-19-28-24(17-15-21-12-9-10-18-27(21)4)26(2,3)23-16-14-20-11-7-8-13-22(20)25(23)28/h7-18H,5-6,19H2,1-4H3/q+2. The van der Waals surface area contributed by atoms with E-state index in [0.717, 1.165) is 6.54 Å². The first-order valence-corrected chi connectivity index (χ1v) is 10.3. The molecule has 1 aliphatic rings. The molecule has 0 bridgehead atoms. The molecule has 142 valence electrons. The summed E-state index contributed by atoms with van der Waals surface area (Å²) in [6.45, 7) is 8.04. The van der Waals surface area contributed by atoms with Crippen LogP contribution in [0.2, 0.25) is 0 Å². The second kappa shape index (κ2) is 7.35. The second-order valence-electron chi connectivity index (χ2n) is 8.27. The fraction of sp³-hybridized carbons (Fsp3) is 0.308. The Labute approximate surface area is 168 Å². The van der Waals surface area contributed by atoms with Crippen LogP contribution >= 0.6 is 0 Å². The molecule has 0 amide bonds. The van der Waals surface area contributed by atoms with Crippen molar-refractivity contribution in [2.45, 2.75) is 39.0 Å². The Kier molecular flexibility index (Phi) is 4.89. The largest absolute Gasteiger partial charge is 0.217 e. The number of aryl methyl sites for hydroxylation is 1. The molecule has 4 rings (SSSR count). The summed E-state index contributed by atoms with van der Waals surface area (Å²) >= 11 is 0. The third kappa shape index (κ3) is 3.07. The van der Waals surface area contributed by atoms with E-state index < -0.39 is 0 Å². The van der Waals surface area contributed by atoms with E-state index in [9.17, 15) is 0 Å². The zero-order valence-electron chi connectivity index (χ0n) is 17.4. The first kappa shape index (κ1) is 18.6. The van der Waals surface area contributed by atoms with Gasteiger partial charge in [-0.25, -0.2) is 4.57 Å². The number of rotatable bonds is 5. The maximum Gasteiger partial charge on any atom is 0.217 e. The SMILES string of the molecule is CCCC[N+]1=C(C=Cc2cccc[n+]2C)C(C)(C)c2ccc3ccccc3c21. The Balaban J connectivity index is 1.92. The summed E-state index contributed by atoms with van der Waals surface area (Å²) < 4.78 is 4.73. The normalized spacial score (nSPS) is 15.6. The quantitative estimate of drug-likeness (QED) is 0.520. The minimum absolute atomic E-state index is 0.0169. The molecule has 28 heavy (non-hydrogen) atoms. The van der Waals surface area contributed by atoms with E-state index in [1.165, 1.54) is 46.3 Å². The molecule has 0 fully saturated rings. The fourth-order valence-electron chi connectivity index (χ4n) is 4.37. The lowest BCUT2D eigenvalue weighted by atomic mass is 9.80. The number of pyridine rings is 1. The van der Waals surface area contributed by atoms with Crippen LogP contribution in [0.3, 0.4) is 0 Å². The second-order valence-corrected chi connectivity index (χ2v) is 8.27. The van der Waals surface area contributed by atoms with E-state index in [4.69, 9.17) is 0 Å². The number of allylic oxidation sites excluding steroid dienone is 1. The van der Waals surface area contributed by atoms with Gasteiger partial charge < -0.3 is 0 Å². The number of hydrogen-bond donors (Lipinski definition) is 0. The van der Waals surface area contributed by atoms with Gasteiger partial charge in [0.1, 0.15) is 13.6 Å². The molecule has 0 unspecified atom stereocenters. The van der Waals surface area contributed by atoms with Gasteiger partial charge in [0.05, 0.1) is 10.8 Å². The summed E-state index contributed by atoms with van der Waals surface area (Å²) in [6.07, 6.45) is 9.07. The van der Waals surface area contributed by atoms with Crippen LogP contribution < -0.4 is 4.57 Å². The van der Waals surface area contributed by atoms with Crippen LogP contribution in [0.25, 0.3) is 16.8 Å². The zero-order chi connectivity index (χ0) is 19.7. The predicted octanol–water partition coefficient (Wildman–Crippen LogP) is 5.55. The van der Waals surface area contributed by atoms with Gasteiger partial charge >= 0.3 is 0 Å². The molecule has 3 aromatic rings. The first-order chi connectivity index (χ1) is 13.5. The van der Waals surface area contributed by atoms with Gasteiger partial charge in [-0.15, -0.1) is 0 Å². The van der Waals surface area contributed by atoms with Gasteiger partial charge in [0, 0.05) is 36.3 Å². The Morgan fingerprint density at radius 2 is 1.71 bits per heavy atom. The van der Waals surface area contributed by atoms with Crippen molar-refractivity contribution in [2.75, 3.05) is 6.54 Å². The van der Waals surface area contributed by atoms with Crippen molar-refractivity contribution in [3.63, 3.8) is 0 Å². The smallest absolute Gasteiger partial charge is 0.202 e. The van der Waals surface area contributed by atoms with Gasteiger partial charge in [-0.2, -0.15) is 4.58 Å². The average Bonchev–Trinajstić information content (AvgIpc) is 2.92. The molecule has 2 aromatic carbocycles. The van der Waals surface area contributed by atoms with Crippen molar-refractivity contribution in [2.24, 2.45) is 7.05 Å². The summed E-state index contributed by atoms with van der Waals surface area (Å²) in [6, 6.07) is 19.7. The molecular weight excluding hydrogens is 340 g/mol. The number of benzene rings is 2. The number of hydrogen-bond acceptors (Lipinski definition) is 0. The van der Waals surface area contributed by atoms with E-state index in [1.54, 1.807) is 0 Å². The van der Waals surface area contributed by atoms with Crippen molar-refractivity contribution in [3.8, 4) is 0 Å². The lowest BCUT2D eigenvalue weighted by Crippen LogP contribution is -2.31. The molecule has 1 aliphatic heterocycles. The molecule has 1 aromatic heterocycles. The van der Waals surface area contributed by atoms with Crippen LogP contribution in [-0.4, -0.2) is 16.8 Å². The van der Waals surface area contributed by atoms with Gasteiger partial charge in [0.25, 0.3) is 0 Å². The molecule has 0 N–H and O–H groups in total. The minimum Gasteiger partial charge on any atom is -0.202 e. The zero-order valence-corrected chi connectivity index (χ0v) is 17.4. The van der Waals surface area contributed by atoms with Crippen molar-refractivity contribution < 1.29 is 9.14 Å². The Bertz CT molecular complexity index is 1090. The van der Waals surface area contributed by atoms with Crippen LogP contribution in [0.4, 0.5) is 5.69 Å². The number of nitrogens with zero attached hydrogens (tertiary/aromatic N) is 2. The highest BCUT2D eigenvalue weighted by Gasteiger charge is 2.45. The molecule has 0 aliphatic carbocycles. The van der Waals surface area contributed by atoms with Gasteiger partial charge in [-0.05, 0) is 31.4 Å². The molecule has 0 saturated heterocycles. The summed E-state index contributed by atoms with van der Waals surface area (Å²) in [5.74, 6) is 0. The van der Waals surface area contributed by atoms with E-state index in [-0.39, 0.29) is 5.41 Å². The monoisotopic (exact) mass is 370 g/mol. The fourth-order valence-corrected chi connectivity index (χ4v) is 4.37. The highest BCUT2D eigenvalue weighted by Crippen LogP contribution is 2.44. The van der Waals surface area contributed by atoms with Crippen LogP contribution in [0, 0.1) is 0 Å². The van der Waals surface area contributed by atoms with Gasteiger partial charge in [-0.1, -0.05) is 43.7 Å². The van der Waals surface area contributed by atoms with E-state index in [1.807, 2.05) is 0 Å². The van der Waals surface area contributed by atoms with E-state index >= 15 is 0 Å². The lowest BCUT2D eigenvalue weighted by Gasteiger charge is -2.15. The Morgan fingerprint density at radius 3 is 2.50 bits per heavy atom. The first-order valence-electron chi connectivity index (χ1n) is 10.3. The highest BCUT2D eigenvalue weighted by atomic mass is 15.1.